The Bertz CT molecular complexity index is 620. The Morgan fingerprint density at radius 1 is 1.50 bits per heavy atom. The van der Waals surface area contributed by atoms with Crippen LogP contribution in [-0.2, 0) is 14.2 Å². The molecule has 18 heavy (non-hydrogen) atoms. The Morgan fingerprint density at radius 3 is 3.11 bits per heavy atom. The van der Waals surface area contributed by atoms with Crippen molar-refractivity contribution < 1.29 is 23.4 Å². The molecule has 0 aliphatic carbocycles. The van der Waals surface area contributed by atoms with E-state index in [1.807, 2.05) is 0 Å². The van der Waals surface area contributed by atoms with Crippen molar-refractivity contribution in [2.45, 2.75) is 0 Å². The van der Waals surface area contributed by atoms with Crippen molar-refractivity contribution in [2.75, 3.05) is 6.61 Å². The lowest BCUT2D eigenvalue weighted by Gasteiger charge is -2.02. The zero-order valence-electron chi connectivity index (χ0n) is 9.26. The fourth-order valence-electron chi connectivity index (χ4n) is 1.56. The molecule has 6 heteroatoms. The minimum atomic E-state index is -0.497. The van der Waals surface area contributed by atoms with Gasteiger partial charge in [-0.05, 0) is 6.58 Å². The maximum Gasteiger partial charge on any atom is 0.355 e. The van der Waals surface area contributed by atoms with E-state index in [2.05, 4.69) is 11.6 Å². The Morgan fingerprint density at radius 2 is 2.39 bits per heavy atom. The van der Waals surface area contributed by atoms with Crippen LogP contribution >= 0.6 is 0 Å². The Balaban J connectivity index is 1.64. The second-order valence-corrected chi connectivity index (χ2v) is 3.63. The predicted molar refractivity (Wildman–Crippen MR) is 60.2 cm³/mol. The average Bonchev–Trinajstić information content (AvgIpc) is 3.00. The van der Waals surface area contributed by atoms with Crippen molar-refractivity contribution in [2.24, 2.45) is 0 Å². The second kappa shape index (κ2) is 3.99. The quantitative estimate of drug-likeness (QED) is 0.842. The molecule has 0 radical (unpaired) electrons. The van der Waals surface area contributed by atoms with Crippen LogP contribution in [0.1, 0.15) is 10.5 Å². The number of furan rings is 1. The summed E-state index contributed by atoms with van der Waals surface area (Å²) in [7, 11) is 0. The van der Waals surface area contributed by atoms with Crippen LogP contribution in [0.3, 0.4) is 0 Å². The summed E-state index contributed by atoms with van der Waals surface area (Å²) in [5, 5.41) is 0. The van der Waals surface area contributed by atoms with E-state index < -0.39 is 5.97 Å². The van der Waals surface area contributed by atoms with E-state index in [1.165, 1.54) is 12.5 Å². The van der Waals surface area contributed by atoms with Crippen molar-refractivity contribution in [3.05, 3.63) is 48.6 Å². The van der Waals surface area contributed by atoms with Gasteiger partial charge in [0.05, 0.1) is 11.8 Å². The summed E-state index contributed by atoms with van der Waals surface area (Å²) >= 11 is 0. The molecule has 0 fully saturated rings. The lowest BCUT2D eigenvalue weighted by Crippen LogP contribution is -2.08. The van der Waals surface area contributed by atoms with Crippen LogP contribution in [0.25, 0.3) is 11.1 Å². The summed E-state index contributed by atoms with van der Waals surface area (Å²) in [6.45, 7) is 3.44. The minimum Gasteiger partial charge on any atom is -0.463 e. The van der Waals surface area contributed by atoms with Gasteiger partial charge >= 0.3 is 5.97 Å². The van der Waals surface area contributed by atoms with Crippen LogP contribution in [0.15, 0.2) is 47.4 Å². The summed E-state index contributed by atoms with van der Waals surface area (Å²) < 4.78 is 20.0. The van der Waals surface area contributed by atoms with Gasteiger partial charge in [0.25, 0.3) is 5.95 Å². The van der Waals surface area contributed by atoms with Gasteiger partial charge in [-0.25, -0.2) is 4.79 Å². The number of hydrogen-bond donors (Lipinski definition) is 1. The molecule has 3 rings (SSSR count). The van der Waals surface area contributed by atoms with Crippen LogP contribution in [-0.4, -0.2) is 17.6 Å². The molecule has 1 aliphatic heterocycles. The molecule has 2 aromatic rings. The molecule has 0 bridgehead atoms. The molecule has 0 amide bonds. The molecule has 0 saturated heterocycles. The van der Waals surface area contributed by atoms with Gasteiger partial charge in [-0.1, -0.05) is 0 Å². The highest BCUT2D eigenvalue weighted by Crippen LogP contribution is 2.18. The lowest BCUT2D eigenvalue weighted by molar-refractivity contribution is 0.0481. The number of aromatic nitrogens is 1. The van der Waals surface area contributed by atoms with E-state index in [0.29, 0.717) is 17.0 Å². The van der Waals surface area contributed by atoms with E-state index in [-0.39, 0.29) is 12.6 Å². The van der Waals surface area contributed by atoms with E-state index in [9.17, 15) is 4.79 Å². The standard InChI is InChI=1S/C12H9NO5/c1-7-16-5-8(18-7)6-17-12(14)10-4-11-9(13-10)2-3-15-11/h2-5,13H,1,6H2. The first kappa shape index (κ1) is 10.5. The van der Waals surface area contributed by atoms with Crippen LogP contribution < -0.4 is 0 Å². The average molecular weight is 247 g/mol. The zero-order chi connectivity index (χ0) is 12.5. The summed E-state index contributed by atoms with van der Waals surface area (Å²) in [6.07, 6.45) is 2.88. The van der Waals surface area contributed by atoms with Crippen molar-refractivity contribution in [1.29, 1.82) is 0 Å². The normalized spacial score (nSPS) is 14.2. The molecule has 1 N–H and O–H groups in total. The molecule has 0 saturated carbocycles. The summed E-state index contributed by atoms with van der Waals surface area (Å²) in [5.74, 6) is 0.0606. The predicted octanol–water partition coefficient (Wildman–Crippen LogP) is 2.28. The monoisotopic (exact) mass is 247 g/mol. The van der Waals surface area contributed by atoms with Crippen LogP contribution in [0, 0.1) is 0 Å². The molecular formula is C12H9NO5. The van der Waals surface area contributed by atoms with Gasteiger partial charge in [0.1, 0.15) is 12.0 Å². The number of carbonyl (C=O) groups is 1. The number of hydrogen-bond acceptors (Lipinski definition) is 5. The van der Waals surface area contributed by atoms with Crippen LogP contribution in [0.5, 0.6) is 0 Å². The minimum absolute atomic E-state index is 0.0156. The van der Waals surface area contributed by atoms with E-state index >= 15 is 0 Å². The first-order valence-electron chi connectivity index (χ1n) is 5.18. The van der Waals surface area contributed by atoms with Crippen molar-refractivity contribution in [3.63, 3.8) is 0 Å². The summed E-state index contributed by atoms with van der Waals surface area (Å²) in [5.41, 5.74) is 1.67. The number of aromatic amines is 1. The van der Waals surface area contributed by atoms with E-state index in [0.717, 1.165) is 5.52 Å². The third-order valence-electron chi connectivity index (χ3n) is 2.37. The Labute approximate surface area is 101 Å². The number of nitrogens with one attached hydrogen (secondary N) is 1. The first-order chi connectivity index (χ1) is 8.72. The van der Waals surface area contributed by atoms with E-state index in [4.69, 9.17) is 18.6 Å². The molecule has 0 spiro atoms. The van der Waals surface area contributed by atoms with Gasteiger partial charge in [0.2, 0.25) is 0 Å². The van der Waals surface area contributed by atoms with Crippen LogP contribution in [0.2, 0.25) is 0 Å². The van der Waals surface area contributed by atoms with Gasteiger partial charge in [-0.3, -0.25) is 0 Å². The van der Waals surface area contributed by atoms with Gasteiger partial charge in [0, 0.05) is 12.1 Å². The first-order valence-corrected chi connectivity index (χ1v) is 5.18. The SMILES string of the molecule is C=C1OC=C(COC(=O)c2cc3occc3[nH]2)O1. The maximum absolute atomic E-state index is 11.7. The fourth-order valence-corrected chi connectivity index (χ4v) is 1.56. The van der Waals surface area contributed by atoms with E-state index in [1.54, 1.807) is 12.1 Å². The second-order valence-electron chi connectivity index (χ2n) is 3.63. The third kappa shape index (κ3) is 1.84. The molecule has 1 aliphatic rings. The number of esters is 1. The zero-order valence-corrected chi connectivity index (χ0v) is 9.26. The maximum atomic E-state index is 11.7. The molecule has 3 heterocycles. The summed E-state index contributed by atoms with van der Waals surface area (Å²) in [4.78, 5) is 14.6. The number of H-pyrrole nitrogens is 1. The number of ether oxygens (including phenoxy) is 3. The van der Waals surface area contributed by atoms with Crippen molar-refractivity contribution >= 4 is 17.1 Å². The third-order valence-corrected chi connectivity index (χ3v) is 2.37. The molecule has 0 atom stereocenters. The van der Waals surface area contributed by atoms with Gasteiger partial charge < -0.3 is 23.6 Å². The smallest absolute Gasteiger partial charge is 0.355 e. The summed E-state index contributed by atoms with van der Waals surface area (Å²) in [6, 6.07) is 3.31. The van der Waals surface area contributed by atoms with Gasteiger partial charge in [0.15, 0.2) is 17.9 Å². The molecule has 92 valence electrons. The number of carbonyl (C=O) groups excluding carboxylic acids is 1. The molecular weight excluding hydrogens is 238 g/mol. The number of fused-ring (bicyclic) bond motifs is 1. The van der Waals surface area contributed by atoms with Crippen molar-refractivity contribution in [1.82, 2.24) is 4.98 Å². The Hall–Kier alpha value is -2.63. The Kier molecular flexibility index (Phi) is 2.33. The highest BCUT2D eigenvalue weighted by atomic mass is 16.7. The highest BCUT2D eigenvalue weighted by molar-refractivity contribution is 5.93. The molecule has 0 unspecified atom stereocenters. The largest absolute Gasteiger partial charge is 0.463 e. The van der Waals surface area contributed by atoms with Crippen molar-refractivity contribution in [3.8, 4) is 0 Å². The van der Waals surface area contributed by atoms with Crippen LogP contribution in [0.4, 0.5) is 0 Å². The molecule has 0 aromatic carbocycles. The van der Waals surface area contributed by atoms with Gasteiger partial charge in [-0.2, -0.15) is 0 Å². The fraction of sp³-hybridized carbons (Fsp3) is 0.0833. The number of rotatable bonds is 3. The molecule has 2 aromatic heterocycles. The lowest BCUT2D eigenvalue weighted by atomic mass is 10.4. The van der Waals surface area contributed by atoms with Gasteiger partial charge in [-0.15, -0.1) is 0 Å². The topological polar surface area (TPSA) is 73.7 Å². The highest BCUT2D eigenvalue weighted by Gasteiger charge is 2.16. The molecule has 6 nitrogen and oxygen atoms in total.